The van der Waals surface area contributed by atoms with Crippen molar-refractivity contribution in [2.75, 3.05) is 5.73 Å². The zero-order chi connectivity index (χ0) is 13.7. The highest BCUT2D eigenvalue weighted by Gasteiger charge is 2.13. The number of nitrogen functional groups attached to an aromatic ring is 1. The SMILES string of the molecule is Cc1ccc(N)c(C(=O)NC(C)CCC(C)C)c1. The maximum Gasteiger partial charge on any atom is 0.253 e. The lowest BCUT2D eigenvalue weighted by atomic mass is 10.0. The van der Waals surface area contributed by atoms with E-state index in [0.717, 1.165) is 18.4 Å². The van der Waals surface area contributed by atoms with Crippen molar-refractivity contribution in [2.45, 2.75) is 46.6 Å². The number of hydrogen-bond donors (Lipinski definition) is 2. The summed E-state index contributed by atoms with van der Waals surface area (Å²) in [6, 6.07) is 5.71. The fraction of sp³-hybridized carbons (Fsp3) is 0.533. The number of hydrogen-bond acceptors (Lipinski definition) is 2. The quantitative estimate of drug-likeness (QED) is 0.787. The third-order valence-corrected chi connectivity index (χ3v) is 3.01. The number of carbonyl (C=O) groups excluding carboxylic acids is 1. The van der Waals surface area contributed by atoms with E-state index in [9.17, 15) is 4.79 Å². The van der Waals surface area contributed by atoms with Crippen LogP contribution in [0.1, 0.15) is 49.5 Å². The van der Waals surface area contributed by atoms with Crippen LogP contribution in [0.5, 0.6) is 0 Å². The van der Waals surface area contributed by atoms with Crippen molar-refractivity contribution in [3.63, 3.8) is 0 Å². The fourth-order valence-corrected chi connectivity index (χ4v) is 1.82. The molecular formula is C15H24N2O. The lowest BCUT2D eigenvalue weighted by molar-refractivity contribution is 0.0938. The van der Waals surface area contributed by atoms with Gasteiger partial charge in [-0.2, -0.15) is 0 Å². The summed E-state index contributed by atoms with van der Waals surface area (Å²) in [7, 11) is 0. The molecule has 1 rings (SSSR count). The fourth-order valence-electron chi connectivity index (χ4n) is 1.82. The van der Waals surface area contributed by atoms with Crippen molar-refractivity contribution >= 4 is 11.6 Å². The van der Waals surface area contributed by atoms with Crippen molar-refractivity contribution in [3.05, 3.63) is 29.3 Å². The molecule has 0 bridgehead atoms. The Hall–Kier alpha value is -1.51. The molecule has 0 heterocycles. The number of carbonyl (C=O) groups is 1. The van der Waals surface area contributed by atoms with E-state index >= 15 is 0 Å². The molecule has 1 amide bonds. The lowest BCUT2D eigenvalue weighted by Crippen LogP contribution is -2.33. The van der Waals surface area contributed by atoms with Gasteiger partial charge < -0.3 is 11.1 Å². The summed E-state index contributed by atoms with van der Waals surface area (Å²) in [5.41, 5.74) is 7.98. The Morgan fingerprint density at radius 1 is 1.28 bits per heavy atom. The molecule has 0 radical (unpaired) electrons. The van der Waals surface area contributed by atoms with Gasteiger partial charge in [0.15, 0.2) is 0 Å². The first-order chi connectivity index (χ1) is 8.40. The zero-order valence-corrected chi connectivity index (χ0v) is 11.8. The van der Waals surface area contributed by atoms with Gasteiger partial charge in [-0.3, -0.25) is 4.79 Å². The molecular weight excluding hydrogens is 224 g/mol. The molecule has 100 valence electrons. The van der Waals surface area contributed by atoms with Crippen molar-refractivity contribution in [1.82, 2.24) is 5.32 Å². The van der Waals surface area contributed by atoms with Crippen LogP contribution in [0.3, 0.4) is 0 Å². The summed E-state index contributed by atoms with van der Waals surface area (Å²) in [5, 5.41) is 3.00. The van der Waals surface area contributed by atoms with Gasteiger partial charge in [-0.1, -0.05) is 25.5 Å². The van der Waals surface area contributed by atoms with Crippen molar-refractivity contribution < 1.29 is 4.79 Å². The zero-order valence-electron chi connectivity index (χ0n) is 11.8. The first-order valence-electron chi connectivity index (χ1n) is 6.57. The second-order valence-electron chi connectivity index (χ2n) is 5.44. The van der Waals surface area contributed by atoms with Crippen molar-refractivity contribution in [1.29, 1.82) is 0 Å². The molecule has 3 N–H and O–H groups in total. The molecule has 1 aromatic rings. The molecule has 0 aliphatic rings. The number of aryl methyl sites for hydroxylation is 1. The van der Waals surface area contributed by atoms with Crippen LogP contribution in [0.25, 0.3) is 0 Å². The first kappa shape index (κ1) is 14.6. The molecule has 1 unspecified atom stereocenters. The number of benzene rings is 1. The number of amides is 1. The van der Waals surface area contributed by atoms with E-state index in [4.69, 9.17) is 5.73 Å². The Bertz CT molecular complexity index is 413. The number of nitrogens with two attached hydrogens (primary N) is 1. The molecule has 18 heavy (non-hydrogen) atoms. The number of rotatable bonds is 5. The predicted molar refractivity (Wildman–Crippen MR) is 76.6 cm³/mol. The summed E-state index contributed by atoms with van der Waals surface area (Å²) in [6.07, 6.45) is 2.11. The van der Waals surface area contributed by atoms with Gasteiger partial charge in [-0.05, 0) is 44.7 Å². The Morgan fingerprint density at radius 2 is 1.94 bits per heavy atom. The minimum Gasteiger partial charge on any atom is -0.398 e. The minimum absolute atomic E-state index is 0.0764. The van der Waals surface area contributed by atoms with Gasteiger partial charge in [-0.15, -0.1) is 0 Å². The van der Waals surface area contributed by atoms with E-state index in [1.54, 1.807) is 6.07 Å². The van der Waals surface area contributed by atoms with Crippen LogP contribution in [0.15, 0.2) is 18.2 Å². The molecule has 0 saturated heterocycles. The minimum atomic E-state index is -0.0764. The van der Waals surface area contributed by atoms with Gasteiger partial charge in [0.05, 0.1) is 5.56 Å². The highest BCUT2D eigenvalue weighted by Crippen LogP contribution is 2.14. The smallest absolute Gasteiger partial charge is 0.253 e. The molecule has 0 aromatic heterocycles. The second kappa shape index (κ2) is 6.43. The molecule has 1 aromatic carbocycles. The molecule has 0 aliphatic heterocycles. The van der Waals surface area contributed by atoms with E-state index in [1.165, 1.54) is 0 Å². The van der Waals surface area contributed by atoms with Crippen LogP contribution >= 0.6 is 0 Å². The third kappa shape index (κ3) is 4.40. The average molecular weight is 248 g/mol. The lowest BCUT2D eigenvalue weighted by Gasteiger charge is -2.16. The normalized spacial score (nSPS) is 12.5. The highest BCUT2D eigenvalue weighted by molar-refractivity contribution is 5.99. The third-order valence-electron chi connectivity index (χ3n) is 3.01. The van der Waals surface area contributed by atoms with E-state index in [-0.39, 0.29) is 11.9 Å². The Morgan fingerprint density at radius 3 is 2.56 bits per heavy atom. The van der Waals surface area contributed by atoms with E-state index < -0.39 is 0 Å². The highest BCUT2D eigenvalue weighted by atomic mass is 16.1. The van der Waals surface area contributed by atoms with Crippen molar-refractivity contribution in [3.8, 4) is 0 Å². The maximum absolute atomic E-state index is 12.1. The summed E-state index contributed by atoms with van der Waals surface area (Å²) in [5.74, 6) is 0.584. The monoisotopic (exact) mass is 248 g/mol. The summed E-state index contributed by atoms with van der Waals surface area (Å²) < 4.78 is 0. The molecule has 3 nitrogen and oxygen atoms in total. The van der Waals surface area contributed by atoms with Crippen molar-refractivity contribution in [2.24, 2.45) is 5.92 Å². The van der Waals surface area contributed by atoms with Gasteiger partial charge >= 0.3 is 0 Å². The largest absolute Gasteiger partial charge is 0.398 e. The molecule has 1 atom stereocenters. The van der Waals surface area contributed by atoms with E-state index in [1.807, 2.05) is 26.0 Å². The van der Waals surface area contributed by atoms with Gasteiger partial charge in [0.25, 0.3) is 5.91 Å². The summed E-state index contributed by atoms with van der Waals surface area (Å²) >= 11 is 0. The molecule has 0 aliphatic carbocycles. The first-order valence-corrected chi connectivity index (χ1v) is 6.57. The van der Waals surface area contributed by atoms with Gasteiger partial charge in [-0.25, -0.2) is 0 Å². The maximum atomic E-state index is 12.1. The van der Waals surface area contributed by atoms with Gasteiger partial charge in [0.1, 0.15) is 0 Å². The van der Waals surface area contributed by atoms with Crippen LogP contribution in [0, 0.1) is 12.8 Å². The number of nitrogens with one attached hydrogen (secondary N) is 1. The van der Waals surface area contributed by atoms with Crippen LogP contribution in [-0.2, 0) is 0 Å². The molecule has 0 saturated carbocycles. The van der Waals surface area contributed by atoms with E-state index in [0.29, 0.717) is 17.2 Å². The standard InChI is InChI=1S/C15H24N2O/c1-10(2)5-7-12(4)17-15(18)13-9-11(3)6-8-14(13)16/h6,8-10,12H,5,7,16H2,1-4H3,(H,17,18). The van der Waals surface area contributed by atoms with Crippen LogP contribution in [0.2, 0.25) is 0 Å². The molecule has 3 heteroatoms. The Balaban J connectivity index is 2.62. The summed E-state index contributed by atoms with van der Waals surface area (Å²) in [6.45, 7) is 8.37. The van der Waals surface area contributed by atoms with E-state index in [2.05, 4.69) is 19.2 Å². The van der Waals surface area contributed by atoms with Crippen LogP contribution in [0.4, 0.5) is 5.69 Å². The second-order valence-corrected chi connectivity index (χ2v) is 5.44. The van der Waals surface area contributed by atoms with Gasteiger partial charge in [0.2, 0.25) is 0 Å². The predicted octanol–water partition coefficient (Wildman–Crippen LogP) is 3.13. The average Bonchev–Trinajstić information content (AvgIpc) is 2.29. The Labute approximate surface area is 110 Å². The van der Waals surface area contributed by atoms with Crippen LogP contribution in [-0.4, -0.2) is 11.9 Å². The molecule has 0 spiro atoms. The Kier molecular flexibility index (Phi) is 5.20. The topological polar surface area (TPSA) is 55.1 Å². The summed E-state index contributed by atoms with van der Waals surface area (Å²) in [4.78, 5) is 12.1. The molecule has 0 fully saturated rings. The van der Waals surface area contributed by atoms with Gasteiger partial charge in [0, 0.05) is 11.7 Å². The number of anilines is 1. The van der Waals surface area contributed by atoms with Crippen LogP contribution < -0.4 is 11.1 Å².